The lowest BCUT2D eigenvalue weighted by Gasteiger charge is -2.25. The molecule has 1 aromatic carbocycles. The van der Waals surface area contributed by atoms with Gasteiger partial charge in [0.25, 0.3) is 5.91 Å². The van der Waals surface area contributed by atoms with Crippen molar-refractivity contribution in [3.05, 3.63) is 58.0 Å². The van der Waals surface area contributed by atoms with E-state index < -0.39 is 0 Å². The Morgan fingerprint density at radius 2 is 2.05 bits per heavy atom. The lowest BCUT2D eigenvalue weighted by atomic mass is 10.1. The molecule has 0 spiro atoms. The topological polar surface area (TPSA) is 33.5 Å². The van der Waals surface area contributed by atoms with Gasteiger partial charge in [0.05, 0.1) is 17.9 Å². The first kappa shape index (κ1) is 14.0. The number of rotatable bonds is 3. The van der Waals surface area contributed by atoms with Crippen LogP contribution >= 0.6 is 23.2 Å². The number of halogens is 2. The van der Waals surface area contributed by atoms with Gasteiger partial charge in [-0.3, -0.25) is 4.79 Å². The molecule has 3 nitrogen and oxygen atoms in total. The van der Waals surface area contributed by atoms with Gasteiger partial charge in [0.15, 0.2) is 0 Å². The van der Waals surface area contributed by atoms with Gasteiger partial charge in [0.2, 0.25) is 5.22 Å². The molecule has 1 amide bonds. The molecule has 1 heterocycles. The van der Waals surface area contributed by atoms with Crippen molar-refractivity contribution in [3.8, 4) is 0 Å². The van der Waals surface area contributed by atoms with Crippen LogP contribution in [0, 0.1) is 0 Å². The molecule has 2 rings (SSSR count). The zero-order valence-corrected chi connectivity index (χ0v) is 12.1. The highest BCUT2D eigenvalue weighted by atomic mass is 35.5. The highest BCUT2D eigenvalue weighted by molar-refractivity contribution is 6.32. The monoisotopic (exact) mass is 297 g/mol. The van der Waals surface area contributed by atoms with E-state index in [0.717, 1.165) is 5.56 Å². The fraction of sp³-hybridized carbons (Fsp3) is 0.214. The molecule has 19 heavy (non-hydrogen) atoms. The largest absolute Gasteiger partial charge is 0.452 e. The number of carbonyl (C=O) groups is 1. The van der Waals surface area contributed by atoms with Gasteiger partial charge in [-0.1, -0.05) is 23.7 Å². The second kappa shape index (κ2) is 5.68. The summed E-state index contributed by atoms with van der Waals surface area (Å²) in [6.45, 7) is 1.93. The van der Waals surface area contributed by atoms with Crippen LogP contribution in [0.4, 0.5) is 0 Å². The number of amides is 1. The van der Waals surface area contributed by atoms with E-state index in [1.165, 1.54) is 6.26 Å². The van der Waals surface area contributed by atoms with E-state index in [9.17, 15) is 4.79 Å². The van der Waals surface area contributed by atoms with Crippen LogP contribution in [0.1, 0.15) is 28.9 Å². The number of hydrogen-bond donors (Lipinski definition) is 0. The molecule has 0 N–H and O–H groups in total. The van der Waals surface area contributed by atoms with Crippen molar-refractivity contribution in [1.29, 1.82) is 0 Å². The Bertz CT molecular complexity index is 595. The van der Waals surface area contributed by atoms with E-state index in [0.29, 0.717) is 10.6 Å². The molecule has 100 valence electrons. The Balaban J connectivity index is 2.22. The maximum Gasteiger partial charge on any atom is 0.258 e. The van der Waals surface area contributed by atoms with Crippen LogP contribution in [0.5, 0.6) is 0 Å². The Hall–Kier alpha value is -1.45. The van der Waals surface area contributed by atoms with Gasteiger partial charge in [0, 0.05) is 12.1 Å². The average molecular weight is 298 g/mol. The maximum absolute atomic E-state index is 12.3. The summed E-state index contributed by atoms with van der Waals surface area (Å²) in [6, 6.07) is 8.87. The molecule has 2 aromatic rings. The predicted molar refractivity (Wildman–Crippen MR) is 75.7 cm³/mol. The number of carbonyl (C=O) groups excluding carboxylic acids is 1. The summed E-state index contributed by atoms with van der Waals surface area (Å²) in [6.07, 6.45) is 1.40. The number of nitrogens with zero attached hydrogens (tertiary/aromatic N) is 1. The summed E-state index contributed by atoms with van der Waals surface area (Å²) in [4.78, 5) is 13.9. The molecule has 0 saturated carbocycles. The highest BCUT2D eigenvalue weighted by Gasteiger charge is 2.22. The minimum Gasteiger partial charge on any atom is -0.452 e. The molecular weight excluding hydrogens is 285 g/mol. The summed E-state index contributed by atoms with van der Waals surface area (Å²) < 4.78 is 4.94. The third-order valence-corrected chi connectivity index (χ3v) is 3.61. The van der Waals surface area contributed by atoms with E-state index in [1.54, 1.807) is 24.1 Å². The molecular formula is C14H13Cl2NO2. The average Bonchev–Trinajstić information content (AvgIpc) is 2.82. The number of hydrogen-bond acceptors (Lipinski definition) is 2. The minimum atomic E-state index is -0.189. The van der Waals surface area contributed by atoms with E-state index in [1.807, 2.05) is 25.1 Å². The Kier molecular flexibility index (Phi) is 4.17. The Morgan fingerprint density at radius 1 is 1.32 bits per heavy atom. The van der Waals surface area contributed by atoms with Crippen molar-refractivity contribution in [3.63, 3.8) is 0 Å². The minimum absolute atomic E-state index is 0.107. The van der Waals surface area contributed by atoms with Crippen molar-refractivity contribution in [1.82, 2.24) is 4.90 Å². The lowest BCUT2D eigenvalue weighted by Crippen LogP contribution is -2.29. The first-order chi connectivity index (χ1) is 9.00. The second-order valence-electron chi connectivity index (χ2n) is 4.26. The zero-order valence-electron chi connectivity index (χ0n) is 10.6. The van der Waals surface area contributed by atoms with Crippen LogP contribution in [0.15, 0.2) is 41.0 Å². The Morgan fingerprint density at radius 3 is 2.63 bits per heavy atom. The van der Waals surface area contributed by atoms with Gasteiger partial charge in [-0.15, -0.1) is 0 Å². The number of benzene rings is 1. The van der Waals surface area contributed by atoms with E-state index in [-0.39, 0.29) is 17.2 Å². The highest BCUT2D eigenvalue weighted by Crippen LogP contribution is 2.25. The number of furan rings is 1. The normalized spacial score (nSPS) is 12.2. The fourth-order valence-electron chi connectivity index (χ4n) is 1.80. The van der Waals surface area contributed by atoms with E-state index in [4.69, 9.17) is 27.6 Å². The summed E-state index contributed by atoms with van der Waals surface area (Å²) in [7, 11) is 1.72. The predicted octanol–water partition coefficient (Wildman–Crippen LogP) is 4.42. The summed E-state index contributed by atoms with van der Waals surface area (Å²) in [5.74, 6) is -0.189. The van der Waals surface area contributed by atoms with Crippen LogP contribution in [0.3, 0.4) is 0 Å². The van der Waals surface area contributed by atoms with Crippen LogP contribution in [0.25, 0.3) is 0 Å². The van der Waals surface area contributed by atoms with Crippen molar-refractivity contribution >= 4 is 29.1 Å². The molecule has 0 aliphatic rings. The van der Waals surface area contributed by atoms with Crippen LogP contribution in [-0.2, 0) is 0 Å². The first-order valence-electron chi connectivity index (χ1n) is 5.76. The molecule has 1 unspecified atom stereocenters. The molecule has 5 heteroatoms. The quantitative estimate of drug-likeness (QED) is 0.840. The van der Waals surface area contributed by atoms with Crippen molar-refractivity contribution in [2.24, 2.45) is 0 Å². The zero-order chi connectivity index (χ0) is 14.0. The third kappa shape index (κ3) is 2.94. The van der Waals surface area contributed by atoms with Crippen molar-refractivity contribution < 1.29 is 9.21 Å². The van der Waals surface area contributed by atoms with Gasteiger partial charge in [-0.05, 0) is 42.3 Å². The van der Waals surface area contributed by atoms with Crippen molar-refractivity contribution in [2.75, 3.05) is 7.05 Å². The lowest BCUT2D eigenvalue weighted by molar-refractivity contribution is 0.0742. The van der Waals surface area contributed by atoms with Crippen LogP contribution in [0.2, 0.25) is 10.2 Å². The Labute approximate surface area is 121 Å². The molecule has 1 aromatic heterocycles. The van der Waals surface area contributed by atoms with Gasteiger partial charge in [-0.2, -0.15) is 0 Å². The van der Waals surface area contributed by atoms with Gasteiger partial charge in [-0.25, -0.2) is 0 Å². The van der Waals surface area contributed by atoms with E-state index in [2.05, 4.69) is 0 Å². The third-order valence-electron chi connectivity index (χ3n) is 3.08. The van der Waals surface area contributed by atoms with Gasteiger partial charge >= 0.3 is 0 Å². The second-order valence-corrected chi connectivity index (χ2v) is 5.03. The van der Waals surface area contributed by atoms with Gasteiger partial charge in [0.1, 0.15) is 0 Å². The summed E-state index contributed by atoms with van der Waals surface area (Å²) in [5, 5.41) is 0.752. The molecule has 0 radical (unpaired) electrons. The molecule has 0 bridgehead atoms. The summed E-state index contributed by atoms with van der Waals surface area (Å²) >= 11 is 11.8. The van der Waals surface area contributed by atoms with Crippen molar-refractivity contribution in [2.45, 2.75) is 13.0 Å². The first-order valence-corrected chi connectivity index (χ1v) is 6.52. The molecule has 0 saturated heterocycles. The standard InChI is InChI=1S/C14H13Cl2NO2/c1-9(10-4-3-5-11(15)8-10)17(2)14(18)12-6-7-19-13(12)16/h3-9H,1-2H3. The fourth-order valence-corrected chi connectivity index (χ4v) is 2.20. The van der Waals surface area contributed by atoms with Gasteiger partial charge < -0.3 is 9.32 Å². The molecule has 0 aliphatic carbocycles. The SMILES string of the molecule is CC(c1cccc(Cl)c1)N(C)C(=O)c1ccoc1Cl. The van der Waals surface area contributed by atoms with Crippen LogP contribution < -0.4 is 0 Å². The molecule has 0 aliphatic heterocycles. The maximum atomic E-state index is 12.3. The summed E-state index contributed by atoms with van der Waals surface area (Å²) in [5.41, 5.74) is 1.32. The molecule has 1 atom stereocenters. The molecule has 0 fully saturated rings. The van der Waals surface area contributed by atoms with E-state index >= 15 is 0 Å². The smallest absolute Gasteiger partial charge is 0.258 e. The van der Waals surface area contributed by atoms with Crippen LogP contribution in [-0.4, -0.2) is 17.9 Å².